The number of carbonyl (C=O) groups is 1. The first-order valence-electron chi connectivity index (χ1n) is 3.96. The Bertz CT molecular complexity index is 434. The summed E-state index contributed by atoms with van der Waals surface area (Å²) in [6.45, 7) is 0. The minimum absolute atomic E-state index is 0.133. The molecule has 0 spiro atoms. The fraction of sp³-hybridized carbons (Fsp3) is 0. The fourth-order valence-electron chi connectivity index (χ4n) is 1.05. The number of carbonyl (C=O) groups excluding carboxylic acids is 1. The van der Waals surface area contributed by atoms with E-state index in [0.717, 1.165) is 4.47 Å². The molecule has 0 radical (unpaired) electrons. The van der Waals surface area contributed by atoms with Gasteiger partial charge in [0.1, 0.15) is 12.0 Å². The van der Waals surface area contributed by atoms with Gasteiger partial charge in [-0.05, 0) is 34.1 Å². The van der Waals surface area contributed by atoms with Gasteiger partial charge in [0.15, 0.2) is 0 Å². The molecule has 2 aromatic rings. The average Bonchev–Trinajstić information content (AvgIpc) is 2.71. The Balaban J connectivity index is 2.33. The third kappa shape index (κ3) is 1.75. The van der Waals surface area contributed by atoms with Crippen LogP contribution in [0.3, 0.4) is 0 Å². The number of hydrogen-bond donors (Lipinski definition) is 0. The second-order valence-corrected chi connectivity index (χ2v) is 3.62. The van der Waals surface area contributed by atoms with E-state index in [1.807, 2.05) is 0 Å². The lowest BCUT2D eigenvalue weighted by Crippen LogP contribution is -2.01. The quantitative estimate of drug-likeness (QED) is 0.771. The lowest BCUT2D eigenvalue weighted by atomic mass is 10.1. The molecule has 2 rings (SSSR count). The first-order valence-corrected chi connectivity index (χ1v) is 4.75. The van der Waals surface area contributed by atoms with Gasteiger partial charge in [0.25, 0.3) is 0 Å². The van der Waals surface area contributed by atoms with Crippen molar-refractivity contribution in [3.8, 4) is 0 Å². The molecular formula is C10H6BrNO2. The summed E-state index contributed by atoms with van der Waals surface area (Å²) in [7, 11) is 0. The van der Waals surface area contributed by atoms with Crippen molar-refractivity contribution >= 4 is 21.7 Å². The van der Waals surface area contributed by atoms with E-state index >= 15 is 0 Å². The van der Waals surface area contributed by atoms with Gasteiger partial charge in [-0.15, -0.1) is 0 Å². The van der Waals surface area contributed by atoms with Crippen LogP contribution in [0.25, 0.3) is 0 Å². The molecule has 3 nitrogen and oxygen atoms in total. The summed E-state index contributed by atoms with van der Waals surface area (Å²) in [5, 5.41) is 0. The number of hydrogen-bond acceptors (Lipinski definition) is 3. The van der Waals surface area contributed by atoms with Crippen LogP contribution in [0, 0.1) is 0 Å². The van der Waals surface area contributed by atoms with Crippen molar-refractivity contribution in [1.29, 1.82) is 0 Å². The van der Waals surface area contributed by atoms with E-state index in [1.165, 1.54) is 12.5 Å². The summed E-state index contributed by atoms with van der Waals surface area (Å²) < 4.78 is 5.67. The van der Waals surface area contributed by atoms with Crippen molar-refractivity contribution in [3.05, 3.63) is 52.7 Å². The molecule has 0 aliphatic rings. The second kappa shape index (κ2) is 3.75. The van der Waals surface area contributed by atoms with Crippen LogP contribution in [-0.4, -0.2) is 10.8 Å². The third-order valence-electron chi connectivity index (χ3n) is 1.74. The number of rotatable bonds is 2. The van der Waals surface area contributed by atoms with Gasteiger partial charge >= 0.3 is 0 Å². The highest BCUT2D eigenvalue weighted by Gasteiger charge is 2.10. The molecule has 4 heteroatoms. The van der Waals surface area contributed by atoms with Crippen molar-refractivity contribution in [2.75, 3.05) is 0 Å². The van der Waals surface area contributed by atoms with E-state index in [1.54, 1.807) is 24.4 Å². The Labute approximate surface area is 88.9 Å². The maximum atomic E-state index is 11.7. The van der Waals surface area contributed by atoms with Crippen molar-refractivity contribution in [2.45, 2.75) is 0 Å². The maximum Gasteiger partial charge on any atom is 0.214 e. The summed E-state index contributed by atoms with van der Waals surface area (Å²) in [4.78, 5) is 15.7. The fourth-order valence-corrected chi connectivity index (χ4v) is 1.29. The van der Waals surface area contributed by atoms with Crippen molar-refractivity contribution in [1.82, 2.24) is 4.98 Å². The summed E-state index contributed by atoms with van der Waals surface area (Å²) in [6, 6.07) is 5.06. The standard InChI is InChI=1S/C10H6BrNO2/c11-8-1-2-9(12-5-8)10(13)7-3-4-14-6-7/h1-6H. The van der Waals surface area contributed by atoms with Crippen LogP contribution >= 0.6 is 15.9 Å². The highest BCUT2D eigenvalue weighted by atomic mass is 79.9. The SMILES string of the molecule is O=C(c1ccoc1)c1ccc(Br)cn1. The Morgan fingerprint density at radius 3 is 2.79 bits per heavy atom. The molecule has 0 aliphatic heterocycles. The molecule has 0 aromatic carbocycles. The molecule has 0 unspecified atom stereocenters. The van der Waals surface area contributed by atoms with Crippen LogP contribution in [0.2, 0.25) is 0 Å². The molecule has 0 saturated carbocycles. The van der Waals surface area contributed by atoms with Gasteiger partial charge in [-0.1, -0.05) is 0 Å². The zero-order chi connectivity index (χ0) is 9.97. The predicted octanol–water partition coefficient (Wildman–Crippen LogP) is 2.67. The van der Waals surface area contributed by atoms with E-state index in [9.17, 15) is 4.79 Å². The first kappa shape index (κ1) is 9.15. The van der Waals surface area contributed by atoms with Gasteiger partial charge in [0.05, 0.1) is 11.8 Å². The highest BCUT2D eigenvalue weighted by Crippen LogP contribution is 2.11. The topological polar surface area (TPSA) is 43.1 Å². The van der Waals surface area contributed by atoms with Gasteiger partial charge in [0, 0.05) is 10.7 Å². The highest BCUT2D eigenvalue weighted by molar-refractivity contribution is 9.10. The molecule has 0 N–H and O–H groups in total. The van der Waals surface area contributed by atoms with E-state index in [4.69, 9.17) is 4.42 Å². The van der Waals surface area contributed by atoms with Gasteiger partial charge in [-0.3, -0.25) is 9.78 Å². The van der Waals surface area contributed by atoms with Crippen LogP contribution in [-0.2, 0) is 0 Å². The summed E-state index contributed by atoms with van der Waals surface area (Å²) >= 11 is 3.25. The van der Waals surface area contributed by atoms with E-state index in [2.05, 4.69) is 20.9 Å². The molecule has 0 saturated heterocycles. The van der Waals surface area contributed by atoms with E-state index in [0.29, 0.717) is 11.3 Å². The van der Waals surface area contributed by atoms with Gasteiger partial charge in [-0.25, -0.2) is 0 Å². The molecule has 70 valence electrons. The number of halogens is 1. The van der Waals surface area contributed by atoms with Crippen LogP contribution < -0.4 is 0 Å². The van der Waals surface area contributed by atoms with Crippen LogP contribution in [0.5, 0.6) is 0 Å². The van der Waals surface area contributed by atoms with Crippen molar-refractivity contribution < 1.29 is 9.21 Å². The smallest absolute Gasteiger partial charge is 0.214 e. The number of aromatic nitrogens is 1. The zero-order valence-corrected chi connectivity index (χ0v) is 8.69. The van der Waals surface area contributed by atoms with Crippen LogP contribution in [0.4, 0.5) is 0 Å². The molecule has 0 atom stereocenters. The lowest BCUT2D eigenvalue weighted by molar-refractivity contribution is 0.103. The van der Waals surface area contributed by atoms with Gasteiger partial charge in [0.2, 0.25) is 5.78 Å². The third-order valence-corrected chi connectivity index (χ3v) is 2.21. The Kier molecular flexibility index (Phi) is 2.45. The largest absolute Gasteiger partial charge is 0.472 e. The number of nitrogens with zero attached hydrogens (tertiary/aromatic N) is 1. The normalized spacial score (nSPS) is 10.1. The number of furan rings is 1. The summed E-state index contributed by atoms with van der Waals surface area (Å²) in [5.74, 6) is -0.133. The molecule has 2 heterocycles. The maximum absolute atomic E-state index is 11.7. The number of pyridine rings is 1. The molecule has 14 heavy (non-hydrogen) atoms. The Morgan fingerprint density at radius 1 is 1.36 bits per heavy atom. The predicted molar refractivity (Wildman–Crippen MR) is 54.1 cm³/mol. The molecule has 2 aromatic heterocycles. The monoisotopic (exact) mass is 251 g/mol. The van der Waals surface area contributed by atoms with Crippen molar-refractivity contribution in [2.24, 2.45) is 0 Å². The van der Waals surface area contributed by atoms with E-state index < -0.39 is 0 Å². The average molecular weight is 252 g/mol. The van der Waals surface area contributed by atoms with Crippen LogP contribution in [0.15, 0.2) is 45.8 Å². The molecule has 0 bridgehead atoms. The molecule has 0 fully saturated rings. The van der Waals surface area contributed by atoms with Gasteiger partial charge in [-0.2, -0.15) is 0 Å². The molecule has 0 amide bonds. The molecule has 0 aliphatic carbocycles. The van der Waals surface area contributed by atoms with Crippen molar-refractivity contribution in [3.63, 3.8) is 0 Å². The van der Waals surface area contributed by atoms with Gasteiger partial charge < -0.3 is 4.42 Å². The second-order valence-electron chi connectivity index (χ2n) is 2.70. The zero-order valence-electron chi connectivity index (χ0n) is 7.11. The summed E-state index contributed by atoms with van der Waals surface area (Å²) in [5.41, 5.74) is 0.925. The Hall–Kier alpha value is -1.42. The van der Waals surface area contributed by atoms with Crippen LogP contribution in [0.1, 0.15) is 16.1 Å². The first-order chi connectivity index (χ1) is 6.77. The lowest BCUT2D eigenvalue weighted by Gasteiger charge is -1.96. The van der Waals surface area contributed by atoms with E-state index in [-0.39, 0.29) is 5.78 Å². The molecular weight excluding hydrogens is 246 g/mol. The summed E-state index contributed by atoms with van der Waals surface area (Å²) in [6.07, 6.45) is 4.46. The minimum Gasteiger partial charge on any atom is -0.472 e. The number of ketones is 1. The minimum atomic E-state index is -0.133. The Morgan fingerprint density at radius 2 is 2.21 bits per heavy atom.